The molecule has 0 aromatic rings. The van der Waals surface area contributed by atoms with Gasteiger partial charge in [-0.3, -0.25) is 14.5 Å². The zero-order chi connectivity index (χ0) is 13.7. The molecule has 0 unspecified atom stereocenters. The third-order valence-electron chi connectivity index (χ3n) is 4.09. The Balaban J connectivity index is 1.71. The van der Waals surface area contributed by atoms with E-state index in [-0.39, 0.29) is 5.91 Å². The molecule has 0 bridgehead atoms. The summed E-state index contributed by atoms with van der Waals surface area (Å²) < 4.78 is 0. The molecule has 19 heavy (non-hydrogen) atoms. The standard InChI is InChI=1S/C13H24N4O2/c1-2-14-3-5-15(6-4-14)11-13(19)17-9-7-16(12-18)8-10-17/h12H,2-11H2,1H3. The van der Waals surface area contributed by atoms with Gasteiger partial charge in [0.2, 0.25) is 12.3 Å². The van der Waals surface area contributed by atoms with E-state index in [0.29, 0.717) is 32.7 Å². The third kappa shape index (κ3) is 3.91. The average Bonchev–Trinajstić information content (AvgIpc) is 2.48. The van der Waals surface area contributed by atoms with Crippen LogP contribution in [0.2, 0.25) is 0 Å². The van der Waals surface area contributed by atoms with E-state index in [2.05, 4.69) is 16.7 Å². The molecule has 2 fully saturated rings. The van der Waals surface area contributed by atoms with Crippen LogP contribution in [-0.4, -0.2) is 97.4 Å². The number of amides is 2. The SMILES string of the molecule is CCN1CCN(CC(=O)N2CCN(C=O)CC2)CC1. The highest BCUT2D eigenvalue weighted by Crippen LogP contribution is 2.04. The maximum absolute atomic E-state index is 12.2. The van der Waals surface area contributed by atoms with Crippen LogP contribution in [0, 0.1) is 0 Å². The molecule has 2 rings (SSSR count). The zero-order valence-electron chi connectivity index (χ0n) is 11.8. The summed E-state index contributed by atoms with van der Waals surface area (Å²) in [5, 5.41) is 0. The molecule has 0 aromatic carbocycles. The van der Waals surface area contributed by atoms with Crippen LogP contribution in [0.3, 0.4) is 0 Å². The Kier molecular flexibility index (Phi) is 5.15. The minimum absolute atomic E-state index is 0.204. The lowest BCUT2D eigenvalue weighted by atomic mass is 10.3. The minimum Gasteiger partial charge on any atom is -0.342 e. The molecule has 0 aliphatic carbocycles. The van der Waals surface area contributed by atoms with E-state index >= 15 is 0 Å². The molecule has 2 heterocycles. The summed E-state index contributed by atoms with van der Waals surface area (Å²) >= 11 is 0. The first kappa shape index (κ1) is 14.3. The van der Waals surface area contributed by atoms with Gasteiger partial charge in [0.15, 0.2) is 0 Å². The second kappa shape index (κ2) is 6.86. The molecule has 0 saturated carbocycles. The van der Waals surface area contributed by atoms with Crippen LogP contribution in [-0.2, 0) is 9.59 Å². The summed E-state index contributed by atoms with van der Waals surface area (Å²) in [5.74, 6) is 0.204. The van der Waals surface area contributed by atoms with E-state index < -0.39 is 0 Å². The Bertz CT molecular complexity index is 308. The van der Waals surface area contributed by atoms with Crippen LogP contribution in [0.1, 0.15) is 6.92 Å². The van der Waals surface area contributed by atoms with E-state index in [1.54, 1.807) is 4.90 Å². The normalized spacial score (nSPS) is 22.6. The lowest BCUT2D eigenvalue weighted by Crippen LogP contribution is -2.53. The largest absolute Gasteiger partial charge is 0.342 e. The van der Waals surface area contributed by atoms with Crippen molar-refractivity contribution in [1.82, 2.24) is 19.6 Å². The van der Waals surface area contributed by atoms with Crippen molar-refractivity contribution in [3.8, 4) is 0 Å². The van der Waals surface area contributed by atoms with Crippen molar-refractivity contribution in [3.63, 3.8) is 0 Å². The van der Waals surface area contributed by atoms with Crippen LogP contribution in [0.15, 0.2) is 0 Å². The smallest absolute Gasteiger partial charge is 0.236 e. The summed E-state index contributed by atoms with van der Waals surface area (Å²) in [6.45, 7) is 10.5. The van der Waals surface area contributed by atoms with Gasteiger partial charge in [-0.25, -0.2) is 0 Å². The highest BCUT2D eigenvalue weighted by molar-refractivity contribution is 5.78. The lowest BCUT2D eigenvalue weighted by molar-refractivity contribution is -0.136. The fourth-order valence-electron chi connectivity index (χ4n) is 2.63. The first-order chi connectivity index (χ1) is 9.22. The van der Waals surface area contributed by atoms with Crippen molar-refractivity contribution in [2.75, 3.05) is 65.4 Å². The second-order valence-corrected chi connectivity index (χ2v) is 5.23. The number of carbonyl (C=O) groups excluding carboxylic acids is 2. The maximum Gasteiger partial charge on any atom is 0.236 e. The zero-order valence-corrected chi connectivity index (χ0v) is 11.8. The van der Waals surface area contributed by atoms with Gasteiger partial charge >= 0.3 is 0 Å². The number of carbonyl (C=O) groups is 2. The van der Waals surface area contributed by atoms with Crippen molar-refractivity contribution in [2.24, 2.45) is 0 Å². The van der Waals surface area contributed by atoms with E-state index in [9.17, 15) is 9.59 Å². The van der Waals surface area contributed by atoms with Gasteiger partial charge in [-0.15, -0.1) is 0 Å². The quantitative estimate of drug-likeness (QED) is 0.609. The maximum atomic E-state index is 12.2. The van der Waals surface area contributed by atoms with E-state index in [0.717, 1.165) is 39.1 Å². The highest BCUT2D eigenvalue weighted by atomic mass is 16.2. The number of hydrogen-bond acceptors (Lipinski definition) is 4. The Hall–Kier alpha value is -1.14. The van der Waals surface area contributed by atoms with Gasteiger partial charge in [0.1, 0.15) is 0 Å². The van der Waals surface area contributed by atoms with Crippen molar-refractivity contribution >= 4 is 12.3 Å². The van der Waals surface area contributed by atoms with Gasteiger partial charge < -0.3 is 14.7 Å². The number of hydrogen-bond donors (Lipinski definition) is 0. The molecule has 2 amide bonds. The average molecular weight is 268 g/mol. The molecule has 2 aliphatic rings. The molecule has 0 radical (unpaired) electrons. The summed E-state index contributed by atoms with van der Waals surface area (Å²) in [4.78, 5) is 31.0. The van der Waals surface area contributed by atoms with Crippen LogP contribution >= 0.6 is 0 Å². The van der Waals surface area contributed by atoms with Crippen LogP contribution in [0.4, 0.5) is 0 Å². The summed E-state index contributed by atoms with van der Waals surface area (Å²) in [5.41, 5.74) is 0. The van der Waals surface area contributed by atoms with E-state index in [1.807, 2.05) is 4.90 Å². The van der Waals surface area contributed by atoms with Crippen molar-refractivity contribution in [2.45, 2.75) is 6.92 Å². The number of piperazine rings is 2. The van der Waals surface area contributed by atoms with Gasteiger partial charge in [-0.05, 0) is 6.54 Å². The van der Waals surface area contributed by atoms with Crippen molar-refractivity contribution in [1.29, 1.82) is 0 Å². The van der Waals surface area contributed by atoms with Crippen molar-refractivity contribution in [3.05, 3.63) is 0 Å². The molecular weight excluding hydrogens is 244 g/mol. The molecule has 0 N–H and O–H groups in total. The van der Waals surface area contributed by atoms with Gasteiger partial charge in [0.05, 0.1) is 6.54 Å². The van der Waals surface area contributed by atoms with Gasteiger partial charge in [0.25, 0.3) is 0 Å². The predicted octanol–water partition coefficient (Wildman–Crippen LogP) is -1.08. The minimum atomic E-state index is 0.204. The predicted molar refractivity (Wildman–Crippen MR) is 72.8 cm³/mol. The second-order valence-electron chi connectivity index (χ2n) is 5.23. The number of rotatable bonds is 4. The molecule has 6 heteroatoms. The number of nitrogens with zero attached hydrogens (tertiary/aromatic N) is 4. The van der Waals surface area contributed by atoms with Gasteiger partial charge in [0, 0.05) is 52.4 Å². The molecule has 6 nitrogen and oxygen atoms in total. The molecule has 0 atom stereocenters. The lowest BCUT2D eigenvalue weighted by Gasteiger charge is -2.36. The molecule has 2 saturated heterocycles. The topological polar surface area (TPSA) is 47.1 Å². The summed E-state index contributed by atoms with van der Waals surface area (Å²) in [7, 11) is 0. The third-order valence-corrected chi connectivity index (χ3v) is 4.09. The van der Waals surface area contributed by atoms with Crippen LogP contribution < -0.4 is 0 Å². The Labute approximate surface area is 114 Å². The van der Waals surface area contributed by atoms with E-state index in [4.69, 9.17) is 0 Å². The van der Waals surface area contributed by atoms with Crippen LogP contribution in [0.5, 0.6) is 0 Å². The summed E-state index contributed by atoms with van der Waals surface area (Å²) in [6, 6.07) is 0. The molecule has 108 valence electrons. The Morgan fingerprint density at radius 1 is 0.947 bits per heavy atom. The van der Waals surface area contributed by atoms with E-state index in [1.165, 1.54) is 0 Å². The molecular formula is C13H24N4O2. The number of likely N-dealkylation sites (N-methyl/N-ethyl adjacent to an activating group) is 1. The fraction of sp³-hybridized carbons (Fsp3) is 0.846. The Morgan fingerprint density at radius 3 is 2.05 bits per heavy atom. The van der Waals surface area contributed by atoms with Gasteiger partial charge in [-0.2, -0.15) is 0 Å². The van der Waals surface area contributed by atoms with Crippen molar-refractivity contribution < 1.29 is 9.59 Å². The molecule has 0 aromatic heterocycles. The monoisotopic (exact) mass is 268 g/mol. The van der Waals surface area contributed by atoms with Gasteiger partial charge in [-0.1, -0.05) is 6.92 Å². The highest BCUT2D eigenvalue weighted by Gasteiger charge is 2.23. The Morgan fingerprint density at radius 2 is 1.53 bits per heavy atom. The van der Waals surface area contributed by atoms with Crippen LogP contribution in [0.25, 0.3) is 0 Å². The molecule has 2 aliphatic heterocycles. The fourth-order valence-corrected chi connectivity index (χ4v) is 2.63. The first-order valence-corrected chi connectivity index (χ1v) is 7.14. The molecule has 0 spiro atoms. The summed E-state index contributed by atoms with van der Waals surface area (Å²) in [6.07, 6.45) is 0.867. The first-order valence-electron chi connectivity index (χ1n) is 7.14.